The van der Waals surface area contributed by atoms with E-state index < -0.39 is 5.54 Å². The average molecular weight is 367 g/mol. The van der Waals surface area contributed by atoms with Gasteiger partial charge in [-0.05, 0) is 35.4 Å². The molecule has 1 amide bonds. The Kier molecular flexibility index (Phi) is 4.83. The summed E-state index contributed by atoms with van der Waals surface area (Å²) < 4.78 is 10.8. The highest BCUT2D eigenvalue weighted by molar-refractivity contribution is 6.10. The molecule has 1 aromatic carbocycles. The van der Waals surface area contributed by atoms with E-state index >= 15 is 0 Å². The van der Waals surface area contributed by atoms with Crippen molar-refractivity contribution in [3.8, 4) is 5.75 Å². The summed E-state index contributed by atoms with van der Waals surface area (Å²) in [6.45, 7) is 2.03. The maximum Gasteiger partial charge on any atom is 0.264 e. The first kappa shape index (κ1) is 18.8. The highest BCUT2D eigenvalue weighted by Gasteiger charge is 2.57. The van der Waals surface area contributed by atoms with Crippen molar-refractivity contribution in [3.63, 3.8) is 0 Å². The summed E-state index contributed by atoms with van der Waals surface area (Å²) in [6, 6.07) is 7.49. The first-order valence-corrected chi connectivity index (χ1v) is 8.77. The third-order valence-electron chi connectivity index (χ3n) is 5.33. The molecule has 3 rings (SSSR count). The summed E-state index contributed by atoms with van der Waals surface area (Å²) >= 11 is 0. The fourth-order valence-electron chi connectivity index (χ4n) is 3.89. The van der Waals surface area contributed by atoms with E-state index in [1.807, 2.05) is 55.5 Å². The Morgan fingerprint density at radius 1 is 1.19 bits per heavy atom. The number of guanidine groups is 1. The molecule has 6 nitrogen and oxygen atoms in total. The molecule has 0 radical (unpaired) electrons. The van der Waals surface area contributed by atoms with Crippen molar-refractivity contribution in [2.75, 3.05) is 28.3 Å². The molecule has 1 saturated heterocycles. The summed E-state index contributed by atoms with van der Waals surface area (Å²) in [5.74, 6) is 1.32. The number of hydrogen-bond acceptors (Lipinski definition) is 4. The van der Waals surface area contributed by atoms with E-state index in [4.69, 9.17) is 14.9 Å². The van der Waals surface area contributed by atoms with Crippen LogP contribution in [0.1, 0.15) is 12.5 Å². The zero-order valence-electron chi connectivity index (χ0n) is 16.3. The van der Waals surface area contributed by atoms with Gasteiger partial charge >= 0.3 is 0 Å². The minimum atomic E-state index is -1.12. The molecule has 1 fully saturated rings. The third-order valence-corrected chi connectivity index (χ3v) is 5.33. The molecule has 2 unspecified atom stereocenters. The van der Waals surface area contributed by atoms with E-state index in [0.717, 1.165) is 16.9 Å². The van der Waals surface area contributed by atoms with E-state index in [1.165, 1.54) is 4.90 Å². The van der Waals surface area contributed by atoms with Crippen LogP contribution in [0.15, 0.2) is 59.9 Å². The van der Waals surface area contributed by atoms with Crippen molar-refractivity contribution >= 4 is 11.9 Å². The predicted octanol–water partition coefficient (Wildman–Crippen LogP) is 2.89. The fraction of sp³-hybridized carbons (Fsp3) is 0.333. The summed E-state index contributed by atoms with van der Waals surface area (Å²) in [6.07, 6.45) is 7.70. The van der Waals surface area contributed by atoms with Gasteiger partial charge in [-0.1, -0.05) is 31.2 Å². The van der Waals surface area contributed by atoms with Crippen LogP contribution in [0.5, 0.6) is 5.75 Å². The Bertz CT molecular complexity index is 871. The van der Waals surface area contributed by atoms with Crippen LogP contribution in [0, 0.1) is 11.3 Å². The van der Waals surface area contributed by atoms with Crippen molar-refractivity contribution in [2.24, 2.45) is 5.92 Å². The molecule has 2 aliphatic rings. The van der Waals surface area contributed by atoms with Gasteiger partial charge in [-0.3, -0.25) is 15.1 Å². The van der Waals surface area contributed by atoms with Gasteiger partial charge in [0.15, 0.2) is 5.54 Å². The number of rotatable bonds is 4. The first-order valence-electron chi connectivity index (χ1n) is 8.77. The smallest absolute Gasteiger partial charge is 0.264 e. The van der Waals surface area contributed by atoms with Crippen LogP contribution in [0.2, 0.25) is 0 Å². The van der Waals surface area contributed by atoms with Gasteiger partial charge in [0.25, 0.3) is 5.91 Å². The molecule has 142 valence electrons. The summed E-state index contributed by atoms with van der Waals surface area (Å²) in [5.41, 5.74) is 0.522. The lowest BCUT2D eigenvalue weighted by molar-refractivity contribution is -0.131. The lowest BCUT2D eigenvalue weighted by Crippen LogP contribution is -2.48. The molecular formula is C21H25N3O3. The van der Waals surface area contributed by atoms with Crippen molar-refractivity contribution < 1.29 is 14.3 Å². The van der Waals surface area contributed by atoms with Crippen molar-refractivity contribution in [1.29, 1.82) is 5.41 Å². The van der Waals surface area contributed by atoms with Crippen LogP contribution < -0.4 is 4.74 Å². The number of benzene rings is 1. The molecule has 0 aromatic heterocycles. The quantitative estimate of drug-likeness (QED) is 0.889. The molecule has 1 aliphatic carbocycles. The molecule has 1 N–H and O–H groups in total. The zero-order valence-corrected chi connectivity index (χ0v) is 16.3. The van der Waals surface area contributed by atoms with Crippen LogP contribution in [0.3, 0.4) is 0 Å². The Labute approximate surface area is 159 Å². The number of likely N-dealkylation sites (N-methyl/N-ethyl adjacent to an activating group) is 2. The summed E-state index contributed by atoms with van der Waals surface area (Å²) in [7, 11) is 6.65. The number of nitrogens with one attached hydrogen (secondary N) is 1. The summed E-state index contributed by atoms with van der Waals surface area (Å²) in [5, 5.41) is 8.42. The normalized spacial score (nSPS) is 25.3. The Morgan fingerprint density at radius 2 is 1.93 bits per heavy atom. The van der Waals surface area contributed by atoms with Gasteiger partial charge < -0.3 is 14.4 Å². The number of methoxy groups -OCH3 is 2. The third kappa shape index (κ3) is 2.72. The van der Waals surface area contributed by atoms with E-state index in [1.54, 1.807) is 33.2 Å². The molecule has 1 aliphatic heterocycles. The molecule has 0 bridgehead atoms. The van der Waals surface area contributed by atoms with E-state index in [0.29, 0.717) is 5.75 Å². The number of nitrogens with zero attached hydrogens (tertiary/aromatic N) is 2. The minimum absolute atomic E-state index is 0.0770. The van der Waals surface area contributed by atoms with Gasteiger partial charge in [-0.2, -0.15) is 0 Å². The Balaban J connectivity index is 2.28. The van der Waals surface area contributed by atoms with Gasteiger partial charge in [0.1, 0.15) is 11.5 Å². The number of allylic oxidation sites excluding steroid dienone is 4. The van der Waals surface area contributed by atoms with Gasteiger partial charge in [0.2, 0.25) is 5.96 Å². The lowest BCUT2D eigenvalue weighted by atomic mass is 9.75. The topological polar surface area (TPSA) is 65.9 Å². The second kappa shape index (κ2) is 6.95. The van der Waals surface area contributed by atoms with Crippen molar-refractivity contribution in [1.82, 2.24) is 9.80 Å². The average Bonchev–Trinajstić information content (AvgIpc) is 2.82. The van der Waals surface area contributed by atoms with Crippen LogP contribution in [0.4, 0.5) is 0 Å². The van der Waals surface area contributed by atoms with E-state index in [-0.39, 0.29) is 17.8 Å². The lowest BCUT2D eigenvalue weighted by Gasteiger charge is -2.38. The van der Waals surface area contributed by atoms with E-state index in [2.05, 4.69) is 0 Å². The van der Waals surface area contributed by atoms with Crippen molar-refractivity contribution in [3.05, 3.63) is 65.5 Å². The Morgan fingerprint density at radius 3 is 2.52 bits per heavy atom. The van der Waals surface area contributed by atoms with Gasteiger partial charge in [-0.15, -0.1) is 0 Å². The maximum atomic E-state index is 13.5. The number of hydrogen-bond donors (Lipinski definition) is 1. The van der Waals surface area contributed by atoms with Gasteiger partial charge in [-0.25, -0.2) is 0 Å². The number of carbonyl (C=O) groups is 1. The molecule has 0 saturated carbocycles. The standard InChI is InChI=1S/C21H25N3O3/c1-14-12-16(26-4)10-7-11-18(14)21(15-8-6-9-17(13-15)27-5)19(25)23(2)20(22)24(21)3/h6-14,22H,1-5H3. The SMILES string of the molecule is COC1=CC(C)C(C2(c3cccc(OC)c3)C(=O)N(C)C(=N)N2C)=CC=C1. The second-order valence-corrected chi connectivity index (χ2v) is 6.73. The van der Waals surface area contributed by atoms with Crippen LogP contribution in [-0.2, 0) is 15.1 Å². The molecule has 6 heteroatoms. The number of ether oxygens (including phenoxy) is 2. The highest BCUT2D eigenvalue weighted by Crippen LogP contribution is 2.46. The maximum absolute atomic E-state index is 13.5. The van der Waals surface area contributed by atoms with Crippen molar-refractivity contribution in [2.45, 2.75) is 12.5 Å². The Hall–Kier alpha value is -3.02. The predicted molar refractivity (Wildman–Crippen MR) is 104 cm³/mol. The van der Waals surface area contributed by atoms with Crippen LogP contribution >= 0.6 is 0 Å². The zero-order chi connectivity index (χ0) is 19.8. The van der Waals surface area contributed by atoms with E-state index in [9.17, 15) is 4.79 Å². The second-order valence-electron chi connectivity index (χ2n) is 6.73. The van der Waals surface area contributed by atoms with Gasteiger partial charge in [0, 0.05) is 20.0 Å². The number of carbonyl (C=O) groups excluding carboxylic acids is 1. The molecule has 1 heterocycles. The van der Waals surface area contributed by atoms with Crippen LogP contribution in [0.25, 0.3) is 0 Å². The van der Waals surface area contributed by atoms with Crippen LogP contribution in [-0.4, -0.2) is 50.0 Å². The highest BCUT2D eigenvalue weighted by atomic mass is 16.5. The van der Waals surface area contributed by atoms with Gasteiger partial charge in [0.05, 0.1) is 14.2 Å². The molecule has 27 heavy (non-hydrogen) atoms. The first-order chi connectivity index (χ1) is 12.9. The molecule has 1 aromatic rings. The molecular weight excluding hydrogens is 342 g/mol. The fourth-order valence-corrected chi connectivity index (χ4v) is 3.89. The largest absolute Gasteiger partial charge is 0.497 e. The monoisotopic (exact) mass is 367 g/mol. The summed E-state index contributed by atoms with van der Waals surface area (Å²) in [4.78, 5) is 16.7. The number of amides is 1. The molecule has 0 spiro atoms. The minimum Gasteiger partial charge on any atom is -0.497 e. The molecule has 2 atom stereocenters.